The minimum Gasteiger partial charge on any atom is -0.198 e. The molecular weight excluding hydrogens is 158 g/mol. The molecule has 0 bridgehead atoms. The third-order valence-corrected chi connectivity index (χ3v) is 2.54. The van der Waals surface area contributed by atoms with E-state index in [0.29, 0.717) is 0 Å². The largest absolute Gasteiger partial charge is 0.198 e. The smallest absolute Gasteiger partial charge is 0.0621 e. The van der Waals surface area contributed by atoms with Gasteiger partial charge in [0, 0.05) is 6.42 Å². The van der Waals surface area contributed by atoms with Gasteiger partial charge < -0.3 is 0 Å². The standard InChI is InChI=1S/C12H23N/c1-3-4-9-12(2)10-7-5-6-8-11-13/h12H,3-10H2,1-2H3. The maximum Gasteiger partial charge on any atom is 0.0621 e. The molecule has 0 aromatic carbocycles. The number of hydrogen-bond acceptors (Lipinski definition) is 1. The third-order valence-electron chi connectivity index (χ3n) is 2.54. The molecule has 1 nitrogen and oxygen atoms in total. The lowest BCUT2D eigenvalue weighted by molar-refractivity contribution is 0.446. The fourth-order valence-electron chi connectivity index (χ4n) is 1.57. The summed E-state index contributed by atoms with van der Waals surface area (Å²) in [5, 5.41) is 8.34. The van der Waals surface area contributed by atoms with Gasteiger partial charge in [0.1, 0.15) is 0 Å². The van der Waals surface area contributed by atoms with Crippen LogP contribution in [0.4, 0.5) is 0 Å². The van der Waals surface area contributed by atoms with Crippen LogP contribution in [0.2, 0.25) is 0 Å². The summed E-state index contributed by atoms with van der Waals surface area (Å²) < 4.78 is 0. The van der Waals surface area contributed by atoms with E-state index in [2.05, 4.69) is 19.9 Å². The number of nitriles is 1. The van der Waals surface area contributed by atoms with Crippen molar-refractivity contribution in [3.63, 3.8) is 0 Å². The van der Waals surface area contributed by atoms with Crippen LogP contribution in [0.25, 0.3) is 0 Å². The second-order valence-electron chi connectivity index (χ2n) is 4.00. The predicted octanol–water partition coefficient (Wildman–Crippen LogP) is 4.29. The Morgan fingerprint density at radius 2 is 1.77 bits per heavy atom. The van der Waals surface area contributed by atoms with Crippen LogP contribution >= 0.6 is 0 Å². The van der Waals surface area contributed by atoms with Crippen LogP contribution in [-0.4, -0.2) is 0 Å². The summed E-state index contributed by atoms with van der Waals surface area (Å²) in [6.45, 7) is 4.60. The quantitative estimate of drug-likeness (QED) is 0.512. The molecule has 0 saturated carbocycles. The highest BCUT2D eigenvalue weighted by molar-refractivity contribution is 4.68. The number of unbranched alkanes of at least 4 members (excludes halogenated alkanes) is 4. The first kappa shape index (κ1) is 12.5. The molecule has 0 aliphatic carbocycles. The Kier molecular flexibility index (Phi) is 9.20. The van der Waals surface area contributed by atoms with Gasteiger partial charge >= 0.3 is 0 Å². The topological polar surface area (TPSA) is 23.8 Å². The van der Waals surface area contributed by atoms with Gasteiger partial charge in [-0.15, -0.1) is 0 Å². The normalized spacial score (nSPS) is 12.4. The predicted molar refractivity (Wildman–Crippen MR) is 57.4 cm³/mol. The zero-order valence-corrected chi connectivity index (χ0v) is 9.18. The Morgan fingerprint density at radius 3 is 2.38 bits per heavy atom. The Morgan fingerprint density at radius 1 is 1.08 bits per heavy atom. The lowest BCUT2D eigenvalue weighted by Crippen LogP contribution is -1.94. The average Bonchev–Trinajstić information content (AvgIpc) is 2.14. The fourth-order valence-corrected chi connectivity index (χ4v) is 1.57. The Bertz CT molecular complexity index is 135. The molecule has 0 fully saturated rings. The molecular formula is C12H23N. The van der Waals surface area contributed by atoms with E-state index in [0.717, 1.165) is 18.8 Å². The van der Waals surface area contributed by atoms with Crippen LogP contribution < -0.4 is 0 Å². The molecule has 1 atom stereocenters. The highest BCUT2D eigenvalue weighted by atomic mass is 14.2. The van der Waals surface area contributed by atoms with Crippen molar-refractivity contribution in [3.05, 3.63) is 0 Å². The van der Waals surface area contributed by atoms with E-state index >= 15 is 0 Å². The van der Waals surface area contributed by atoms with Gasteiger partial charge in [-0.05, 0) is 12.3 Å². The van der Waals surface area contributed by atoms with Gasteiger partial charge in [0.2, 0.25) is 0 Å². The summed E-state index contributed by atoms with van der Waals surface area (Å²) >= 11 is 0. The molecule has 0 heterocycles. The van der Waals surface area contributed by atoms with Gasteiger partial charge in [0.05, 0.1) is 6.07 Å². The van der Waals surface area contributed by atoms with Crippen molar-refractivity contribution in [3.8, 4) is 6.07 Å². The monoisotopic (exact) mass is 181 g/mol. The van der Waals surface area contributed by atoms with Crippen LogP contribution in [-0.2, 0) is 0 Å². The summed E-state index contributed by atoms with van der Waals surface area (Å²) in [5.74, 6) is 0.891. The van der Waals surface area contributed by atoms with Crippen molar-refractivity contribution in [1.82, 2.24) is 0 Å². The van der Waals surface area contributed by atoms with E-state index in [9.17, 15) is 0 Å². The second-order valence-corrected chi connectivity index (χ2v) is 4.00. The molecule has 13 heavy (non-hydrogen) atoms. The highest BCUT2D eigenvalue weighted by Gasteiger charge is 2.00. The summed E-state index contributed by atoms with van der Waals surface area (Å²) in [4.78, 5) is 0. The third kappa shape index (κ3) is 9.40. The molecule has 0 N–H and O–H groups in total. The molecule has 76 valence electrons. The van der Waals surface area contributed by atoms with Crippen molar-refractivity contribution in [2.45, 2.75) is 65.2 Å². The van der Waals surface area contributed by atoms with Gasteiger partial charge in [-0.3, -0.25) is 0 Å². The van der Waals surface area contributed by atoms with E-state index in [1.165, 1.54) is 38.5 Å². The molecule has 0 aliphatic rings. The minimum atomic E-state index is 0.739. The zero-order chi connectivity index (χ0) is 9.94. The molecule has 0 aromatic rings. The maximum absolute atomic E-state index is 8.34. The first-order chi connectivity index (χ1) is 6.31. The van der Waals surface area contributed by atoms with Crippen molar-refractivity contribution < 1.29 is 0 Å². The first-order valence-corrected chi connectivity index (χ1v) is 5.68. The van der Waals surface area contributed by atoms with Gasteiger partial charge in [0.25, 0.3) is 0 Å². The second kappa shape index (κ2) is 9.58. The van der Waals surface area contributed by atoms with Crippen molar-refractivity contribution in [2.75, 3.05) is 0 Å². The molecule has 0 amide bonds. The zero-order valence-electron chi connectivity index (χ0n) is 9.18. The number of rotatable bonds is 8. The summed E-state index contributed by atoms with van der Waals surface area (Å²) in [6, 6.07) is 2.19. The average molecular weight is 181 g/mol. The van der Waals surface area contributed by atoms with Crippen LogP contribution in [0, 0.1) is 17.2 Å². The van der Waals surface area contributed by atoms with Crippen LogP contribution in [0.3, 0.4) is 0 Å². The highest BCUT2D eigenvalue weighted by Crippen LogP contribution is 2.15. The molecule has 0 saturated heterocycles. The minimum absolute atomic E-state index is 0.739. The van der Waals surface area contributed by atoms with Crippen LogP contribution in [0.15, 0.2) is 0 Å². The van der Waals surface area contributed by atoms with Crippen LogP contribution in [0.5, 0.6) is 0 Å². The summed E-state index contributed by atoms with van der Waals surface area (Å²) in [6.07, 6.45) is 9.81. The first-order valence-electron chi connectivity index (χ1n) is 5.68. The van der Waals surface area contributed by atoms with Gasteiger partial charge in [-0.25, -0.2) is 0 Å². The molecule has 0 spiro atoms. The lowest BCUT2D eigenvalue weighted by atomic mass is 9.97. The van der Waals surface area contributed by atoms with E-state index in [1.807, 2.05) is 0 Å². The van der Waals surface area contributed by atoms with Gasteiger partial charge in [0.15, 0.2) is 0 Å². The van der Waals surface area contributed by atoms with E-state index in [4.69, 9.17) is 5.26 Å². The van der Waals surface area contributed by atoms with E-state index in [-0.39, 0.29) is 0 Å². The lowest BCUT2D eigenvalue weighted by Gasteiger charge is -2.09. The Hall–Kier alpha value is -0.510. The molecule has 1 heteroatoms. The van der Waals surface area contributed by atoms with Crippen molar-refractivity contribution in [2.24, 2.45) is 5.92 Å². The van der Waals surface area contributed by atoms with Crippen molar-refractivity contribution in [1.29, 1.82) is 5.26 Å². The van der Waals surface area contributed by atoms with E-state index < -0.39 is 0 Å². The van der Waals surface area contributed by atoms with Crippen LogP contribution in [0.1, 0.15) is 65.2 Å². The fraction of sp³-hybridized carbons (Fsp3) is 0.917. The SMILES string of the molecule is CCCCC(C)CCCCCC#N. The Balaban J connectivity index is 3.08. The molecule has 1 unspecified atom stereocenters. The van der Waals surface area contributed by atoms with Crippen molar-refractivity contribution >= 4 is 0 Å². The molecule has 0 aromatic heterocycles. The summed E-state index contributed by atoms with van der Waals surface area (Å²) in [7, 11) is 0. The van der Waals surface area contributed by atoms with Gasteiger partial charge in [-0.2, -0.15) is 5.26 Å². The molecule has 0 rings (SSSR count). The van der Waals surface area contributed by atoms with E-state index in [1.54, 1.807) is 0 Å². The number of hydrogen-bond donors (Lipinski definition) is 0. The Labute approximate surface area is 83.1 Å². The number of nitrogens with zero attached hydrogens (tertiary/aromatic N) is 1. The maximum atomic E-state index is 8.34. The summed E-state index contributed by atoms with van der Waals surface area (Å²) in [5.41, 5.74) is 0. The molecule has 0 aliphatic heterocycles. The molecule has 0 radical (unpaired) electrons. The van der Waals surface area contributed by atoms with Gasteiger partial charge in [-0.1, -0.05) is 52.4 Å².